The molecule has 0 radical (unpaired) electrons. The van der Waals surface area contributed by atoms with E-state index in [0.717, 1.165) is 19.4 Å². The molecule has 0 heterocycles. The van der Waals surface area contributed by atoms with Crippen molar-refractivity contribution < 1.29 is 14.6 Å². The molecule has 164 valence electrons. The summed E-state index contributed by atoms with van der Waals surface area (Å²) in [7, 11) is 0. The third kappa shape index (κ3) is 19.0. The Hall–Kier alpha value is -0.120. The lowest BCUT2D eigenvalue weighted by atomic mass is 10.0. The standard InChI is InChI=1S/C24H50O3/c1-4-6-8-10-12-13-15-17-21-26-23(3)24(27-22-18-20-25)19-16-14-11-9-7-5-2/h23-25H,4-22H2,1-3H3. The summed E-state index contributed by atoms with van der Waals surface area (Å²) in [5.74, 6) is 0. The van der Waals surface area contributed by atoms with Gasteiger partial charge in [0, 0.05) is 19.8 Å². The summed E-state index contributed by atoms with van der Waals surface area (Å²) in [6.07, 6.45) is 20.7. The van der Waals surface area contributed by atoms with Crippen molar-refractivity contribution in [2.24, 2.45) is 0 Å². The first-order chi connectivity index (χ1) is 13.3. The summed E-state index contributed by atoms with van der Waals surface area (Å²) in [5.41, 5.74) is 0. The highest BCUT2D eigenvalue weighted by Gasteiger charge is 2.18. The Morgan fingerprint density at radius 1 is 0.593 bits per heavy atom. The van der Waals surface area contributed by atoms with Gasteiger partial charge in [-0.15, -0.1) is 0 Å². The Bertz CT molecular complexity index is 270. The van der Waals surface area contributed by atoms with Gasteiger partial charge in [-0.25, -0.2) is 0 Å². The second-order valence-electron chi connectivity index (χ2n) is 8.09. The van der Waals surface area contributed by atoms with Gasteiger partial charge in [0.15, 0.2) is 0 Å². The molecule has 27 heavy (non-hydrogen) atoms. The summed E-state index contributed by atoms with van der Waals surface area (Å²) in [4.78, 5) is 0. The monoisotopic (exact) mass is 386 g/mol. The Balaban J connectivity index is 3.82. The number of ether oxygens (including phenoxy) is 2. The maximum Gasteiger partial charge on any atom is 0.0833 e. The summed E-state index contributed by atoms with van der Waals surface area (Å²) in [6, 6.07) is 0. The molecule has 0 spiro atoms. The predicted molar refractivity (Wildman–Crippen MR) is 117 cm³/mol. The van der Waals surface area contributed by atoms with Gasteiger partial charge in [0.2, 0.25) is 0 Å². The van der Waals surface area contributed by atoms with Crippen molar-refractivity contribution in [2.75, 3.05) is 19.8 Å². The fourth-order valence-corrected chi connectivity index (χ4v) is 3.49. The number of aliphatic hydroxyl groups excluding tert-OH is 1. The van der Waals surface area contributed by atoms with Gasteiger partial charge in [-0.2, -0.15) is 0 Å². The quantitative estimate of drug-likeness (QED) is 0.203. The molecular weight excluding hydrogens is 336 g/mol. The van der Waals surface area contributed by atoms with Crippen LogP contribution in [-0.4, -0.2) is 37.1 Å². The molecule has 0 saturated carbocycles. The third-order valence-corrected chi connectivity index (χ3v) is 5.38. The minimum absolute atomic E-state index is 0.156. The molecule has 0 rings (SSSR count). The van der Waals surface area contributed by atoms with Crippen molar-refractivity contribution in [2.45, 2.75) is 136 Å². The first-order valence-electron chi connectivity index (χ1n) is 12.1. The average molecular weight is 387 g/mol. The van der Waals surface area contributed by atoms with Gasteiger partial charge in [-0.1, -0.05) is 97.3 Å². The predicted octanol–water partition coefficient (Wildman–Crippen LogP) is 7.05. The smallest absolute Gasteiger partial charge is 0.0833 e. The zero-order valence-electron chi connectivity index (χ0n) is 18.9. The maximum absolute atomic E-state index is 8.99. The molecule has 0 amide bonds. The number of hydrogen-bond donors (Lipinski definition) is 1. The van der Waals surface area contributed by atoms with Crippen LogP contribution in [0.1, 0.15) is 124 Å². The van der Waals surface area contributed by atoms with Crippen LogP contribution in [0.15, 0.2) is 0 Å². The molecule has 0 aromatic rings. The number of hydrogen-bond acceptors (Lipinski definition) is 3. The largest absolute Gasteiger partial charge is 0.396 e. The van der Waals surface area contributed by atoms with Gasteiger partial charge < -0.3 is 14.6 Å². The summed E-state index contributed by atoms with van der Waals surface area (Å²) in [6.45, 7) is 8.39. The summed E-state index contributed by atoms with van der Waals surface area (Å²) >= 11 is 0. The fraction of sp³-hybridized carbons (Fsp3) is 1.00. The van der Waals surface area contributed by atoms with E-state index in [9.17, 15) is 0 Å². The van der Waals surface area contributed by atoms with Gasteiger partial charge in [0.05, 0.1) is 12.2 Å². The van der Waals surface area contributed by atoms with E-state index in [0.29, 0.717) is 6.61 Å². The zero-order valence-corrected chi connectivity index (χ0v) is 18.9. The molecule has 0 bridgehead atoms. The van der Waals surface area contributed by atoms with Crippen LogP contribution in [0.2, 0.25) is 0 Å². The zero-order chi connectivity index (χ0) is 20.0. The van der Waals surface area contributed by atoms with Crippen LogP contribution in [0.4, 0.5) is 0 Å². The van der Waals surface area contributed by atoms with Crippen molar-refractivity contribution in [3.63, 3.8) is 0 Å². The lowest BCUT2D eigenvalue weighted by molar-refractivity contribution is -0.0719. The summed E-state index contributed by atoms with van der Waals surface area (Å²) in [5, 5.41) is 8.99. The molecule has 0 aromatic carbocycles. The SMILES string of the molecule is CCCCCCCCCCOC(C)C(CCCCCCCC)OCCCO. The topological polar surface area (TPSA) is 38.7 Å². The minimum Gasteiger partial charge on any atom is -0.396 e. The van der Waals surface area contributed by atoms with Crippen molar-refractivity contribution in [3.05, 3.63) is 0 Å². The highest BCUT2D eigenvalue weighted by atomic mass is 16.5. The molecular formula is C24H50O3. The third-order valence-electron chi connectivity index (χ3n) is 5.38. The van der Waals surface area contributed by atoms with Crippen LogP contribution in [-0.2, 0) is 9.47 Å². The molecule has 3 nitrogen and oxygen atoms in total. The van der Waals surface area contributed by atoms with E-state index in [1.165, 1.54) is 89.9 Å². The summed E-state index contributed by atoms with van der Waals surface area (Å²) < 4.78 is 12.1. The average Bonchev–Trinajstić information content (AvgIpc) is 2.67. The van der Waals surface area contributed by atoms with Crippen LogP contribution in [0.5, 0.6) is 0 Å². The van der Waals surface area contributed by atoms with Crippen LogP contribution in [0.3, 0.4) is 0 Å². The normalized spacial score (nSPS) is 13.8. The minimum atomic E-state index is 0.156. The van der Waals surface area contributed by atoms with Gasteiger partial charge in [0.25, 0.3) is 0 Å². The van der Waals surface area contributed by atoms with Crippen molar-refractivity contribution in [3.8, 4) is 0 Å². The molecule has 0 aromatic heterocycles. The van der Waals surface area contributed by atoms with E-state index in [1.807, 2.05) is 0 Å². The first-order valence-corrected chi connectivity index (χ1v) is 12.1. The van der Waals surface area contributed by atoms with Gasteiger partial charge in [0.1, 0.15) is 0 Å². The lowest BCUT2D eigenvalue weighted by Gasteiger charge is -2.25. The van der Waals surface area contributed by atoms with Crippen molar-refractivity contribution in [1.82, 2.24) is 0 Å². The number of aliphatic hydroxyl groups is 1. The molecule has 3 heteroatoms. The Labute approximate surface area is 170 Å². The molecule has 0 aliphatic rings. The van der Waals surface area contributed by atoms with E-state index < -0.39 is 0 Å². The molecule has 2 unspecified atom stereocenters. The van der Waals surface area contributed by atoms with Crippen molar-refractivity contribution in [1.29, 1.82) is 0 Å². The van der Waals surface area contributed by atoms with Crippen LogP contribution in [0, 0.1) is 0 Å². The first kappa shape index (κ1) is 26.9. The highest BCUT2D eigenvalue weighted by molar-refractivity contribution is 4.67. The maximum atomic E-state index is 8.99. The van der Waals surface area contributed by atoms with E-state index in [2.05, 4.69) is 20.8 Å². The van der Waals surface area contributed by atoms with Crippen molar-refractivity contribution >= 4 is 0 Å². The van der Waals surface area contributed by atoms with E-state index in [1.54, 1.807) is 0 Å². The van der Waals surface area contributed by atoms with Gasteiger partial charge >= 0.3 is 0 Å². The van der Waals surface area contributed by atoms with Gasteiger partial charge in [-0.05, 0) is 26.2 Å². The molecule has 2 atom stereocenters. The Morgan fingerprint density at radius 2 is 1.07 bits per heavy atom. The van der Waals surface area contributed by atoms with E-state index in [4.69, 9.17) is 14.6 Å². The number of unbranched alkanes of at least 4 members (excludes halogenated alkanes) is 12. The Kier molecular flexibility index (Phi) is 22.1. The molecule has 0 fully saturated rings. The molecule has 0 aliphatic carbocycles. The second-order valence-corrected chi connectivity index (χ2v) is 8.09. The van der Waals surface area contributed by atoms with Crippen LogP contribution >= 0.6 is 0 Å². The Morgan fingerprint density at radius 3 is 1.63 bits per heavy atom. The fourth-order valence-electron chi connectivity index (χ4n) is 3.49. The van der Waals surface area contributed by atoms with E-state index >= 15 is 0 Å². The number of rotatable bonds is 22. The molecule has 0 saturated heterocycles. The van der Waals surface area contributed by atoms with Crippen LogP contribution < -0.4 is 0 Å². The second kappa shape index (κ2) is 22.2. The highest BCUT2D eigenvalue weighted by Crippen LogP contribution is 2.16. The lowest BCUT2D eigenvalue weighted by Crippen LogP contribution is -2.30. The molecule has 1 N–H and O–H groups in total. The molecule has 0 aliphatic heterocycles. The van der Waals surface area contributed by atoms with Crippen LogP contribution in [0.25, 0.3) is 0 Å². The van der Waals surface area contributed by atoms with Gasteiger partial charge in [-0.3, -0.25) is 0 Å². The van der Waals surface area contributed by atoms with E-state index in [-0.39, 0.29) is 18.8 Å².